The minimum absolute atomic E-state index is 0.181. The van der Waals surface area contributed by atoms with Crippen LogP contribution in [0.4, 0.5) is 5.69 Å². The van der Waals surface area contributed by atoms with E-state index in [2.05, 4.69) is 27.3 Å². The summed E-state index contributed by atoms with van der Waals surface area (Å²) < 4.78 is 0. The van der Waals surface area contributed by atoms with Crippen molar-refractivity contribution >= 4 is 11.6 Å². The average Bonchev–Trinajstić information content (AvgIpc) is 2.59. The molecule has 2 aromatic rings. The number of aromatic amines is 1. The minimum atomic E-state index is -0.344. The molecule has 24 heavy (non-hydrogen) atoms. The summed E-state index contributed by atoms with van der Waals surface area (Å²) in [6.07, 6.45) is 3.85. The number of rotatable bonds is 4. The standard InChI is InChI=1S/C18H22N4O2/c1-13-4-2-3-11-22(13)12-14-5-7-15(8-6-14)19-18(24)16-9-10-17(23)21-20-16/h5-10,13H,2-4,11-12H2,1H3,(H,19,24)(H,21,23)/t13-/m1/s1. The van der Waals surface area contributed by atoms with Gasteiger partial charge in [0, 0.05) is 24.3 Å². The first-order valence-electron chi connectivity index (χ1n) is 8.32. The number of piperidine rings is 1. The molecule has 6 heteroatoms. The third-order valence-corrected chi connectivity index (χ3v) is 4.45. The second kappa shape index (κ2) is 7.40. The highest BCUT2D eigenvalue weighted by Gasteiger charge is 2.18. The van der Waals surface area contributed by atoms with E-state index in [9.17, 15) is 9.59 Å². The number of aromatic nitrogens is 2. The summed E-state index contributed by atoms with van der Waals surface area (Å²) in [5.41, 5.74) is 1.80. The molecule has 6 nitrogen and oxygen atoms in total. The fourth-order valence-electron chi connectivity index (χ4n) is 2.99. The molecule has 0 saturated carbocycles. The lowest BCUT2D eigenvalue weighted by atomic mass is 10.0. The Hall–Kier alpha value is -2.47. The number of hydrogen-bond acceptors (Lipinski definition) is 4. The molecular weight excluding hydrogens is 304 g/mol. The molecule has 0 bridgehead atoms. The van der Waals surface area contributed by atoms with E-state index in [0.717, 1.165) is 13.1 Å². The van der Waals surface area contributed by atoms with Crippen LogP contribution in [0.3, 0.4) is 0 Å². The van der Waals surface area contributed by atoms with Crippen LogP contribution >= 0.6 is 0 Å². The van der Waals surface area contributed by atoms with Crippen molar-refractivity contribution in [1.29, 1.82) is 0 Å². The van der Waals surface area contributed by atoms with Gasteiger partial charge in [-0.05, 0) is 50.1 Å². The van der Waals surface area contributed by atoms with E-state index in [-0.39, 0.29) is 17.2 Å². The first-order chi connectivity index (χ1) is 11.6. The Morgan fingerprint density at radius 2 is 2.04 bits per heavy atom. The highest BCUT2D eigenvalue weighted by Crippen LogP contribution is 2.20. The fraction of sp³-hybridized carbons (Fsp3) is 0.389. The Morgan fingerprint density at radius 3 is 2.71 bits per heavy atom. The zero-order chi connectivity index (χ0) is 16.9. The van der Waals surface area contributed by atoms with Crippen molar-refractivity contribution < 1.29 is 4.79 Å². The van der Waals surface area contributed by atoms with Gasteiger partial charge in [0.25, 0.3) is 11.5 Å². The molecule has 1 amide bonds. The predicted molar refractivity (Wildman–Crippen MR) is 93.0 cm³/mol. The molecule has 2 heterocycles. The Morgan fingerprint density at radius 1 is 1.25 bits per heavy atom. The summed E-state index contributed by atoms with van der Waals surface area (Å²) in [7, 11) is 0. The van der Waals surface area contributed by atoms with Crippen LogP contribution in [-0.4, -0.2) is 33.6 Å². The third-order valence-electron chi connectivity index (χ3n) is 4.45. The summed E-state index contributed by atoms with van der Waals surface area (Å²) in [5.74, 6) is -0.344. The number of carbonyl (C=O) groups is 1. The zero-order valence-electron chi connectivity index (χ0n) is 13.8. The molecule has 0 unspecified atom stereocenters. The number of nitrogens with one attached hydrogen (secondary N) is 2. The molecule has 1 atom stereocenters. The first-order valence-corrected chi connectivity index (χ1v) is 8.32. The van der Waals surface area contributed by atoms with Gasteiger partial charge in [0.2, 0.25) is 0 Å². The normalized spacial score (nSPS) is 18.3. The maximum absolute atomic E-state index is 12.1. The lowest BCUT2D eigenvalue weighted by molar-refractivity contribution is 0.102. The highest BCUT2D eigenvalue weighted by molar-refractivity contribution is 6.02. The number of nitrogens with zero attached hydrogens (tertiary/aromatic N) is 2. The Balaban J connectivity index is 1.60. The van der Waals surface area contributed by atoms with Crippen LogP contribution in [0.1, 0.15) is 42.2 Å². The van der Waals surface area contributed by atoms with Crippen molar-refractivity contribution in [1.82, 2.24) is 15.1 Å². The monoisotopic (exact) mass is 326 g/mol. The quantitative estimate of drug-likeness (QED) is 0.904. The van der Waals surface area contributed by atoms with Crippen LogP contribution in [0.25, 0.3) is 0 Å². The van der Waals surface area contributed by atoms with Crippen molar-refractivity contribution in [3.8, 4) is 0 Å². The smallest absolute Gasteiger partial charge is 0.276 e. The molecule has 2 N–H and O–H groups in total. The summed E-state index contributed by atoms with van der Waals surface area (Å²) in [5, 5.41) is 8.75. The topological polar surface area (TPSA) is 78.1 Å². The van der Waals surface area contributed by atoms with Gasteiger partial charge in [-0.3, -0.25) is 14.5 Å². The van der Waals surface area contributed by atoms with Gasteiger partial charge in [-0.1, -0.05) is 18.6 Å². The Bertz CT molecular complexity index is 734. The maximum atomic E-state index is 12.1. The van der Waals surface area contributed by atoms with Gasteiger partial charge in [0.05, 0.1) is 0 Å². The van der Waals surface area contributed by atoms with Crippen molar-refractivity contribution in [2.45, 2.75) is 38.8 Å². The molecular formula is C18H22N4O2. The number of hydrogen-bond donors (Lipinski definition) is 2. The van der Waals surface area contributed by atoms with Gasteiger partial charge in [0.15, 0.2) is 0 Å². The van der Waals surface area contributed by atoms with Crippen molar-refractivity contribution in [2.75, 3.05) is 11.9 Å². The van der Waals surface area contributed by atoms with Crippen molar-refractivity contribution in [3.05, 3.63) is 58.0 Å². The van der Waals surface area contributed by atoms with E-state index in [4.69, 9.17) is 0 Å². The summed E-state index contributed by atoms with van der Waals surface area (Å²) >= 11 is 0. The number of amides is 1. The van der Waals surface area contributed by atoms with E-state index in [1.54, 1.807) is 0 Å². The minimum Gasteiger partial charge on any atom is -0.321 e. The van der Waals surface area contributed by atoms with Crippen LogP contribution < -0.4 is 10.9 Å². The third kappa shape index (κ3) is 4.08. The van der Waals surface area contributed by atoms with Gasteiger partial charge in [-0.25, -0.2) is 5.10 Å². The first kappa shape index (κ1) is 16.4. The second-order valence-electron chi connectivity index (χ2n) is 6.27. The molecule has 1 fully saturated rings. The van der Waals surface area contributed by atoms with Crippen LogP contribution in [0.2, 0.25) is 0 Å². The van der Waals surface area contributed by atoms with E-state index in [1.807, 2.05) is 24.3 Å². The average molecular weight is 326 g/mol. The fourth-order valence-corrected chi connectivity index (χ4v) is 2.99. The lowest BCUT2D eigenvalue weighted by Gasteiger charge is -2.33. The van der Waals surface area contributed by atoms with Crippen LogP contribution in [-0.2, 0) is 6.54 Å². The van der Waals surface area contributed by atoms with Crippen LogP contribution in [0, 0.1) is 0 Å². The summed E-state index contributed by atoms with van der Waals surface area (Å²) in [4.78, 5) is 25.5. The number of carbonyl (C=O) groups excluding carboxylic acids is 1. The van der Waals surface area contributed by atoms with Crippen LogP contribution in [0.5, 0.6) is 0 Å². The Kier molecular flexibility index (Phi) is 5.05. The number of likely N-dealkylation sites (tertiary alicyclic amines) is 1. The molecule has 0 aliphatic carbocycles. The van der Waals surface area contributed by atoms with E-state index < -0.39 is 0 Å². The lowest BCUT2D eigenvalue weighted by Crippen LogP contribution is -2.36. The van der Waals surface area contributed by atoms with E-state index in [0.29, 0.717) is 11.7 Å². The zero-order valence-corrected chi connectivity index (χ0v) is 13.8. The summed E-state index contributed by atoms with van der Waals surface area (Å²) in [6, 6.07) is 11.2. The van der Waals surface area contributed by atoms with Crippen LogP contribution in [0.15, 0.2) is 41.2 Å². The summed E-state index contributed by atoms with van der Waals surface area (Å²) in [6.45, 7) is 4.37. The largest absolute Gasteiger partial charge is 0.321 e. The molecule has 1 aromatic carbocycles. The molecule has 1 saturated heterocycles. The van der Waals surface area contributed by atoms with Gasteiger partial charge in [-0.15, -0.1) is 0 Å². The molecule has 3 rings (SSSR count). The van der Waals surface area contributed by atoms with Gasteiger partial charge in [0.1, 0.15) is 5.69 Å². The molecule has 1 aliphatic heterocycles. The van der Waals surface area contributed by atoms with Gasteiger partial charge >= 0.3 is 0 Å². The molecule has 126 valence electrons. The highest BCUT2D eigenvalue weighted by atomic mass is 16.2. The number of H-pyrrole nitrogens is 1. The Labute approximate surface area is 140 Å². The van der Waals surface area contributed by atoms with Crippen molar-refractivity contribution in [2.24, 2.45) is 0 Å². The molecule has 0 radical (unpaired) electrons. The molecule has 1 aromatic heterocycles. The van der Waals surface area contributed by atoms with E-state index in [1.165, 1.54) is 37.0 Å². The van der Waals surface area contributed by atoms with Gasteiger partial charge < -0.3 is 5.32 Å². The number of anilines is 1. The maximum Gasteiger partial charge on any atom is 0.276 e. The van der Waals surface area contributed by atoms with Gasteiger partial charge in [-0.2, -0.15) is 5.10 Å². The molecule has 0 spiro atoms. The second-order valence-corrected chi connectivity index (χ2v) is 6.27. The predicted octanol–water partition coefficient (Wildman–Crippen LogP) is 2.40. The van der Waals surface area contributed by atoms with E-state index >= 15 is 0 Å². The molecule has 1 aliphatic rings. The van der Waals surface area contributed by atoms with Crippen molar-refractivity contribution in [3.63, 3.8) is 0 Å². The number of benzene rings is 1. The SMILES string of the molecule is C[C@@H]1CCCCN1Cc1ccc(NC(=O)c2ccc(=O)[nH]n2)cc1.